The van der Waals surface area contributed by atoms with Gasteiger partial charge in [0.05, 0.1) is 12.2 Å². The summed E-state index contributed by atoms with van der Waals surface area (Å²) in [7, 11) is 0. The average Bonchev–Trinajstić information content (AvgIpc) is 3.45. The molecule has 3 aromatic rings. The van der Waals surface area contributed by atoms with Gasteiger partial charge in [-0.05, 0) is 24.6 Å². The third kappa shape index (κ3) is 4.67. The van der Waals surface area contributed by atoms with E-state index in [1.807, 2.05) is 13.8 Å². The predicted octanol–water partition coefficient (Wildman–Crippen LogP) is 3.44. The number of rotatable bonds is 5. The van der Waals surface area contributed by atoms with Crippen molar-refractivity contribution >= 4 is 5.91 Å². The Labute approximate surface area is 174 Å². The zero-order valence-electron chi connectivity index (χ0n) is 16.7. The van der Waals surface area contributed by atoms with E-state index in [1.165, 1.54) is 12.1 Å². The number of carbonyl (C=O) groups excluding carboxylic acids is 1. The highest BCUT2D eigenvalue weighted by Gasteiger charge is 2.32. The van der Waals surface area contributed by atoms with Crippen LogP contribution in [0.3, 0.4) is 0 Å². The van der Waals surface area contributed by atoms with Crippen molar-refractivity contribution < 1.29 is 27.2 Å². The molecule has 9 nitrogen and oxygen atoms in total. The van der Waals surface area contributed by atoms with Gasteiger partial charge < -0.3 is 14.2 Å². The molecule has 1 aliphatic rings. The minimum atomic E-state index is -4.82. The van der Waals surface area contributed by atoms with E-state index in [0.29, 0.717) is 31.0 Å². The van der Waals surface area contributed by atoms with Crippen molar-refractivity contribution in [2.24, 2.45) is 0 Å². The molecule has 164 valence electrons. The maximum absolute atomic E-state index is 12.7. The number of likely N-dealkylation sites (tertiary alicyclic amines) is 1. The summed E-state index contributed by atoms with van der Waals surface area (Å²) in [6.07, 6.45) is -2.53. The molecule has 0 bridgehead atoms. The number of amides is 1. The fraction of sp³-hybridized carbons (Fsp3) is 0.421. The van der Waals surface area contributed by atoms with Crippen LogP contribution in [0.5, 0.6) is 5.75 Å². The van der Waals surface area contributed by atoms with Crippen molar-refractivity contribution in [3.8, 4) is 17.3 Å². The van der Waals surface area contributed by atoms with Crippen LogP contribution in [-0.2, 0) is 0 Å². The Kier molecular flexibility index (Phi) is 5.38. The van der Waals surface area contributed by atoms with E-state index < -0.39 is 12.1 Å². The van der Waals surface area contributed by atoms with Gasteiger partial charge in [-0.15, -0.1) is 18.3 Å². The van der Waals surface area contributed by atoms with Crippen LogP contribution in [0.25, 0.3) is 11.6 Å². The van der Waals surface area contributed by atoms with Crippen LogP contribution >= 0.6 is 0 Å². The fourth-order valence-corrected chi connectivity index (χ4v) is 3.28. The Hall–Kier alpha value is -3.44. The summed E-state index contributed by atoms with van der Waals surface area (Å²) in [5.41, 5.74) is 0.551. The molecular formula is C19H19F3N6O3. The lowest BCUT2D eigenvalue weighted by atomic mass is 10.2. The number of carbonyl (C=O) groups is 1. The van der Waals surface area contributed by atoms with Crippen molar-refractivity contribution in [1.82, 2.24) is 30.0 Å². The minimum absolute atomic E-state index is 0.113. The second-order valence-corrected chi connectivity index (χ2v) is 7.47. The highest BCUT2D eigenvalue weighted by molar-refractivity contribution is 5.94. The number of nitrogens with zero attached hydrogens (tertiary/aromatic N) is 6. The van der Waals surface area contributed by atoms with Crippen LogP contribution in [0.1, 0.15) is 48.4 Å². The number of alkyl halides is 3. The molecule has 0 N–H and O–H groups in total. The number of hydrogen-bond acceptors (Lipinski definition) is 7. The van der Waals surface area contributed by atoms with Gasteiger partial charge in [-0.3, -0.25) is 4.79 Å². The molecule has 1 atom stereocenters. The molecule has 1 aromatic carbocycles. The topological polar surface area (TPSA) is 99.2 Å². The van der Waals surface area contributed by atoms with Gasteiger partial charge in [0.25, 0.3) is 11.8 Å². The molecule has 1 unspecified atom stereocenters. The van der Waals surface area contributed by atoms with Crippen molar-refractivity contribution in [3.63, 3.8) is 0 Å². The zero-order chi connectivity index (χ0) is 22.2. The summed E-state index contributed by atoms with van der Waals surface area (Å²) < 4.78 is 48.0. The van der Waals surface area contributed by atoms with Crippen LogP contribution in [0.4, 0.5) is 13.2 Å². The lowest BCUT2D eigenvalue weighted by Crippen LogP contribution is -2.29. The molecule has 1 aliphatic heterocycles. The molecule has 0 saturated carbocycles. The Balaban J connectivity index is 1.43. The van der Waals surface area contributed by atoms with E-state index in [9.17, 15) is 18.0 Å². The van der Waals surface area contributed by atoms with Gasteiger partial charge in [0.1, 0.15) is 5.75 Å². The average molecular weight is 436 g/mol. The van der Waals surface area contributed by atoms with E-state index in [-0.39, 0.29) is 29.3 Å². The highest BCUT2D eigenvalue weighted by atomic mass is 19.4. The Bertz CT molecular complexity index is 1080. The van der Waals surface area contributed by atoms with E-state index in [4.69, 9.17) is 4.52 Å². The second kappa shape index (κ2) is 8.00. The molecule has 1 amide bonds. The van der Waals surface area contributed by atoms with E-state index in [0.717, 1.165) is 12.1 Å². The minimum Gasteiger partial charge on any atom is -0.406 e. The molecule has 12 heteroatoms. The number of benzene rings is 1. The first-order valence-electron chi connectivity index (χ1n) is 9.60. The van der Waals surface area contributed by atoms with Gasteiger partial charge in [-0.2, -0.15) is 4.98 Å². The molecule has 4 rings (SSSR count). The van der Waals surface area contributed by atoms with Gasteiger partial charge in [-0.25, -0.2) is 4.68 Å². The van der Waals surface area contributed by atoms with Crippen LogP contribution in [0.15, 0.2) is 35.0 Å². The highest BCUT2D eigenvalue weighted by Crippen LogP contribution is 2.27. The third-order valence-corrected chi connectivity index (χ3v) is 4.83. The predicted molar refractivity (Wildman–Crippen MR) is 100 cm³/mol. The largest absolute Gasteiger partial charge is 0.573 e. The molecule has 1 saturated heterocycles. The van der Waals surface area contributed by atoms with Crippen LogP contribution in [0, 0.1) is 0 Å². The quantitative estimate of drug-likeness (QED) is 0.604. The summed E-state index contributed by atoms with van der Waals surface area (Å²) >= 11 is 0. The Morgan fingerprint density at radius 3 is 2.84 bits per heavy atom. The summed E-state index contributed by atoms with van der Waals surface area (Å²) in [5, 5.41) is 12.1. The zero-order valence-corrected chi connectivity index (χ0v) is 16.7. The monoisotopic (exact) mass is 436 g/mol. The standard InChI is InChI=1S/C19H19F3N6O3/c1-11(2)16-23-17(31-25-16)15-10-28(26-24-15)13-6-7-27(9-13)18(29)12-4-3-5-14(8-12)30-19(20,21)22/h3-5,8,10-11,13H,6-7,9H2,1-2H3. The van der Waals surface area contributed by atoms with Gasteiger partial charge in [0, 0.05) is 24.6 Å². The SMILES string of the molecule is CC(C)c1noc(-c2cn(C3CCN(C(=O)c4cccc(OC(F)(F)F)c4)C3)nn2)n1. The first kappa shape index (κ1) is 20.8. The number of ether oxygens (including phenoxy) is 1. The van der Waals surface area contributed by atoms with Crippen molar-refractivity contribution in [2.75, 3.05) is 13.1 Å². The van der Waals surface area contributed by atoms with Crippen LogP contribution in [-0.4, -0.2) is 55.4 Å². The van der Waals surface area contributed by atoms with Crippen molar-refractivity contribution in [2.45, 2.75) is 38.6 Å². The third-order valence-electron chi connectivity index (χ3n) is 4.83. The summed E-state index contributed by atoms with van der Waals surface area (Å²) in [6, 6.07) is 4.90. The molecule has 0 spiro atoms. The van der Waals surface area contributed by atoms with Gasteiger partial charge >= 0.3 is 6.36 Å². The summed E-state index contributed by atoms with van der Waals surface area (Å²) in [6.45, 7) is 4.66. The Morgan fingerprint density at radius 2 is 2.13 bits per heavy atom. The van der Waals surface area contributed by atoms with E-state index in [1.54, 1.807) is 15.8 Å². The number of aromatic nitrogens is 5. The molecule has 31 heavy (non-hydrogen) atoms. The van der Waals surface area contributed by atoms with E-state index in [2.05, 4.69) is 25.2 Å². The lowest BCUT2D eigenvalue weighted by molar-refractivity contribution is -0.274. The second-order valence-electron chi connectivity index (χ2n) is 7.47. The maximum Gasteiger partial charge on any atom is 0.573 e. The van der Waals surface area contributed by atoms with E-state index >= 15 is 0 Å². The Morgan fingerprint density at radius 1 is 1.32 bits per heavy atom. The fourth-order valence-electron chi connectivity index (χ4n) is 3.28. The molecule has 0 aliphatic carbocycles. The number of halogens is 3. The first-order valence-corrected chi connectivity index (χ1v) is 9.60. The number of hydrogen-bond donors (Lipinski definition) is 0. The molecule has 0 radical (unpaired) electrons. The molecule has 2 aromatic heterocycles. The molecule has 1 fully saturated rings. The smallest absolute Gasteiger partial charge is 0.406 e. The van der Waals surface area contributed by atoms with Crippen molar-refractivity contribution in [3.05, 3.63) is 41.9 Å². The van der Waals surface area contributed by atoms with Gasteiger partial charge in [0.15, 0.2) is 11.5 Å². The normalized spacial score (nSPS) is 16.8. The van der Waals surface area contributed by atoms with Crippen LogP contribution < -0.4 is 4.74 Å². The maximum atomic E-state index is 12.7. The van der Waals surface area contributed by atoms with Crippen molar-refractivity contribution in [1.29, 1.82) is 0 Å². The lowest BCUT2D eigenvalue weighted by Gasteiger charge is -2.17. The first-order chi connectivity index (χ1) is 14.7. The van der Waals surface area contributed by atoms with Gasteiger partial charge in [0.2, 0.25) is 0 Å². The summed E-state index contributed by atoms with van der Waals surface area (Å²) in [5.74, 6) is 0.132. The molecular weight excluding hydrogens is 417 g/mol. The van der Waals surface area contributed by atoms with Gasteiger partial charge in [-0.1, -0.05) is 30.3 Å². The molecule has 3 heterocycles. The van der Waals surface area contributed by atoms with Crippen LogP contribution in [0.2, 0.25) is 0 Å². The summed E-state index contributed by atoms with van der Waals surface area (Å²) in [4.78, 5) is 18.6.